The number of primary amides is 3. The first kappa shape index (κ1) is 69.5. The van der Waals surface area contributed by atoms with Crippen molar-refractivity contribution in [2.24, 2.45) is 86.7 Å². The number of rotatable bonds is 15. The van der Waals surface area contributed by atoms with Crippen molar-refractivity contribution in [3.05, 3.63) is 71.7 Å². The van der Waals surface area contributed by atoms with Gasteiger partial charge in [0.15, 0.2) is 0 Å². The lowest BCUT2D eigenvalue weighted by Gasteiger charge is -2.58. The molecular weight excluding hydrogens is 1270 g/mol. The lowest BCUT2D eigenvalue weighted by atomic mass is 9.48. The minimum absolute atomic E-state index is 0. The first-order valence-electron chi connectivity index (χ1n) is 34.2. The highest BCUT2D eigenvalue weighted by atomic mass is 19.3. The second-order valence-corrected chi connectivity index (χ2v) is 30.6. The van der Waals surface area contributed by atoms with Crippen LogP contribution < -0.4 is 31.4 Å². The predicted molar refractivity (Wildman–Crippen MR) is 336 cm³/mol. The van der Waals surface area contributed by atoms with Gasteiger partial charge in [-0.1, -0.05) is 7.43 Å². The van der Waals surface area contributed by atoms with Gasteiger partial charge in [0.2, 0.25) is 35.4 Å². The van der Waals surface area contributed by atoms with Gasteiger partial charge in [-0.05, 0) is 168 Å². The van der Waals surface area contributed by atoms with E-state index in [4.69, 9.17) is 45.6 Å². The molecule has 0 spiro atoms. The van der Waals surface area contributed by atoms with Crippen LogP contribution in [0.25, 0.3) is 0 Å². The Morgan fingerprint density at radius 2 is 0.649 bits per heavy atom. The van der Waals surface area contributed by atoms with Gasteiger partial charge >= 0.3 is 18.3 Å². The van der Waals surface area contributed by atoms with Crippen molar-refractivity contribution in [3.8, 4) is 17.6 Å². The number of nitrogens with two attached hydrogens (primary N) is 3. The number of nitrogens with zero attached hydrogens (tertiary/aromatic N) is 6. The summed E-state index contributed by atoms with van der Waals surface area (Å²) in [7, 11) is 0. The topological polar surface area (TPSA) is 284 Å². The van der Waals surface area contributed by atoms with Gasteiger partial charge in [0.05, 0.1) is 35.9 Å². The summed E-state index contributed by atoms with van der Waals surface area (Å²) in [4.78, 5) is 91.7. The number of ether oxygens (including phenoxy) is 6. The number of pyridine rings is 3. The number of carbonyl (C=O) groups is 6. The standard InChI is InChI=1S/3C23H29F2N3O4.CH4/c3*1-22(24,25)16-2-3-18(27-11-16)31-17-4-5-28(12-17)21(30)32-19-14-6-13-7-15(19)10-23(8-13,9-14)20(26)29;/h3*2-3,11,13-15,17,19H,4-10,12H2,1H3,(H2,26,29);1H4/t3*13?,14?,15?,17-,19?,23?;/m110./s1. The van der Waals surface area contributed by atoms with Crippen LogP contribution in [0.5, 0.6) is 17.6 Å². The fourth-order valence-electron chi connectivity index (χ4n) is 19.6. The summed E-state index contributed by atoms with van der Waals surface area (Å²) in [6, 6.07) is 8.18. The van der Waals surface area contributed by atoms with Crippen molar-refractivity contribution < 1.29 is 83.5 Å². The SMILES string of the molecule is C.CC(F)(F)c1ccc(O[C@@H]2CCN(C(=O)OC3C4CC5CC3CC(C(N)=O)(C5)C4)C2)nc1.CC(F)(F)c1ccc(O[C@@H]2CCN(C(=O)OC3C4CC5CC3CC(C(N)=O)(C5)C4)C2)nc1.CC(F)(F)c1ccc(O[C@H]2CCN(C(=O)OC3C4CC5CC3CC(C(N)=O)(C5)C4)C2)nc1. The maximum atomic E-state index is 13.3. The zero-order valence-electron chi connectivity index (χ0n) is 54.4. The van der Waals surface area contributed by atoms with Crippen LogP contribution in [0.15, 0.2) is 55.0 Å². The first-order valence-corrected chi connectivity index (χ1v) is 34.2. The lowest BCUT2D eigenvalue weighted by Crippen LogP contribution is -2.59. The number of aromatic nitrogens is 3. The monoisotopic (exact) mass is 1360 g/mol. The Hall–Kier alpha value is -7.35. The fourth-order valence-corrected chi connectivity index (χ4v) is 19.6. The molecule has 6 heterocycles. The van der Waals surface area contributed by atoms with E-state index in [0.717, 1.165) is 136 Å². The minimum atomic E-state index is -2.95. The third-order valence-electron chi connectivity index (χ3n) is 23.6. The number of likely N-dealkylation sites (tertiary alicyclic amines) is 3. The molecule has 27 heteroatoms. The van der Waals surface area contributed by atoms with E-state index < -0.39 is 34.0 Å². The van der Waals surface area contributed by atoms with Crippen LogP contribution in [0.3, 0.4) is 0 Å². The highest BCUT2D eigenvalue weighted by molar-refractivity contribution is 5.83. The van der Waals surface area contributed by atoms with Crippen molar-refractivity contribution in [3.63, 3.8) is 0 Å². The van der Waals surface area contributed by atoms with Crippen LogP contribution in [0.2, 0.25) is 0 Å². The van der Waals surface area contributed by atoms with Gasteiger partial charge in [-0.2, -0.15) is 0 Å². The normalized spacial score (nSPS) is 35.4. The molecule has 9 atom stereocenters. The third-order valence-corrected chi connectivity index (χ3v) is 23.6. The first-order chi connectivity index (χ1) is 45.4. The van der Waals surface area contributed by atoms with Crippen molar-refractivity contribution in [2.45, 2.75) is 198 Å². The zero-order valence-corrected chi connectivity index (χ0v) is 54.4. The van der Waals surface area contributed by atoms with Crippen molar-refractivity contribution in [1.29, 1.82) is 0 Å². The molecule has 6 unspecified atom stereocenters. The van der Waals surface area contributed by atoms with Gasteiger partial charge in [-0.3, -0.25) is 14.4 Å². The van der Waals surface area contributed by atoms with Crippen molar-refractivity contribution in [2.75, 3.05) is 39.3 Å². The van der Waals surface area contributed by atoms with Gasteiger partial charge in [-0.15, -0.1) is 0 Å². The summed E-state index contributed by atoms with van der Waals surface area (Å²) >= 11 is 0. The van der Waals surface area contributed by atoms with Gasteiger partial charge in [0, 0.05) is 113 Å². The molecule has 12 aliphatic carbocycles. The molecule has 21 nitrogen and oxygen atoms in total. The van der Waals surface area contributed by atoms with E-state index in [1.807, 2.05) is 0 Å². The van der Waals surface area contributed by atoms with Crippen LogP contribution in [0.1, 0.15) is 160 Å². The number of hydrogen-bond donors (Lipinski definition) is 3. The second-order valence-electron chi connectivity index (χ2n) is 30.6. The van der Waals surface area contributed by atoms with E-state index in [9.17, 15) is 55.1 Å². The highest BCUT2D eigenvalue weighted by Crippen LogP contribution is 2.63. The molecule has 3 aliphatic heterocycles. The molecule has 0 radical (unpaired) electrons. The molecular formula is C70H91F6N9O12. The Bertz CT molecular complexity index is 3010. The molecule has 530 valence electrons. The minimum Gasteiger partial charge on any atom is -0.472 e. The van der Waals surface area contributed by atoms with Crippen molar-refractivity contribution in [1.82, 2.24) is 29.7 Å². The Labute approximate surface area is 560 Å². The average Bonchev–Trinajstić information content (AvgIpc) is 1.15. The summed E-state index contributed by atoms with van der Waals surface area (Å²) in [5.74, 6) is -5.96. The van der Waals surface area contributed by atoms with Crippen LogP contribution >= 0.6 is 0 Å². The molecule has 12 bridgehead atoms. The second kappa shape index (κ2) is 26.4. The zero-order chi connectivity index (χ0) is 68.0. The quantitative estimate of drug-likeness (QED) is 0.0942. The molecule has 6 amide bonds. The fraction of sp³-hybridized carbons (Fsp3) is 0.700. The number of alkyl halides is 6. The summed E-state index contributed by atoms with van der Waals surface area (Å²) in [6.07, 6.45) is 15.8. The molecule has 18 rings (SSSR count). The van der Waals surface area contributed by atoms with Gasteiger partial charge < -0.3 is 60.3 Å². The lowest BCUT2D eigenvalue weighted by molar-refractivity contribution is -0.162. The molecule has 97 heavy (non-hydrogen) atoms. The van der Waals surface area contributed by atoms with Crippen LogP contribution in [0, 0.1) is 69.5 Å². The number of carbonyl (C=O) groups excluding carboxylic acids is 6. The molecule has 6 N–H and O–H groups in total. The van der Waals surface area contributed by atoms with Gasteiger partial charge in [0.25, 0.3) is 17.8 Å². The van der Waals surface area contributed by atoms with Gasteiger partial charge in [-0.25, -0.2) is 55.7 Å². The third kappa shape index (κ3) is 14.4. The van der Waals surface area contributed by atoms with Crippen LogP contribution in [-0.2, 0) is 46.4 Å². The van der Waals surface area contributed by atoms with E-state index in [0.29, 0.717) is 76.3 Å². The summed E-state index contributed by atoms with van der Waals surface area (Å²) in [5.41, 5.74) is 15.5. The maximum absolute atomic E-state index is 13.3. The number of amides is 6. The maximum Gasteiger partial charge on any atom is 0.410 e. The molecule has 15 fully saturated rings. The summed E-state index contributed by atoms with van der Waals surface area (Å²) in [5, 5.41) is 0. The average molecular weight is 1360 g/mol. The molecule has 15 aliphatic rings. The van der Waals surface area contributed by atoms with E-state index in [-0.39, 0.29) is 150 Å². The van der Waals surface area contributed by atoms with Gasteiger partial charge in [0.1, 0.15) is 36.6 Å². The smallest absolute Gasteiger partial charge is 0.410 e. The Balaban J connectivity index is 0.000000138. The largest absolute Gasteiger partial charge is 0.472 e. The predicted octanol–water partition coefficient (Wildman–Crippen LogP) is 11.0. The van der Waals surface area contributed by atoms with E-state index in [2.05, 4.69) is 15.0 Å². The number of halogens is 6. The summed E-state index contributed by atoms with van der Waals surface area (Å²) < 4.78 is 115. The summed E-state index contributed by atoms with van der Waals surface area (Å²) in [6.45, 7) is 5.07. The van der Waals surface area contributed by atoms with Crippen LogP contribution in [0.4, 0.5) is 40.7 Å². The molecule has 0 aromatic carbocycles. The van der Waals surface area contributed by atoms with E-state index >= 15 is 0 Å². The van der Waals surface area contributed by atoms with E-state index in [1.54, 1.807) is 14.7 Å². The highest BCUT2D eigenvalue weighted by Gasteiger charge is 2.62. The van der Waals surface area contributed by atoms with Crippen LogP contribution in [-0.4, -0.2) is 142 Å². The van der Waals surface area contributed by atoms with E-state index in [1.165, 1.54) is 36.4 Å². The number of hydrogen-bond acceptors (Lipinski definition) is 15. The molecule has 3 saturated heterocycles. The molecule has 12 saturated carbocycles. The van der Waals surface area contributed by atoms with Crippen molar-refractivity contribution >= 4 is 36.0 Å². The Morgan fingerprint density at radius 1 is 0.412 bits per heavy atom. The molecule has 3 aromatic heterocycles. The Morgan fingerprint density at radius 3 is 0.845 bits per heavy atom. The molecule has 3 aromatic rings. The Kier molecular flexibility index (Phi) is 18.9.